The largest absolute Gasteiger partial charge is 0.484 e. The molecule has 0 unspecified atom stereocenters. The number of benzene rings is 2. The van der Waals surface area contributed by atoms with Gasteiger partial charge in [0.25, 0.3) is 5.91 Å². The quantitative estimate of drug-likeness (QED) is 0.744. The molecule has 5 heteroatoms. The smallest absolute Gasteiger partial charge is 0.258 e. The lowest BCUT2D eigenvalue weighted by Gasteiger charge is -2.12. The molecule has 0 atom stereocenters. The van der Waals surface area contributed by atoms with E-state index in [4.69, 9.17) is 4.74 Å². The lowest BCUT2D eigenvalue weighted by molar-refractivity contribution is -0.901. The summed E-state index contributed by atoms with van der Waals surface area (Å²) >= 11 is 3.38. The highest BCUT2D eigenvalue weighted by Gasteiger charge is 2.15. The van der Waals surface area contributed by atoms with Crippen molar-refractivity contribution >= 4 is 21.8 Å². The summed E-state index contributed by atoms with van der Waals surface area (Å²) in [5, 5.41) is 2.90. The van der Waals surface area contributed by atoms with Gasteiger partial charge in [0.15, 0.2) is 6.61 Å². The van der Waals surface area contributed by atoms with Gasteiger partial charge in [-0.1, -0.05) is 46.3 Å². The van der Waals surface area contributed by atoms with Crippen molar-refractivity contribution in [2.45, 2.75) is 25.9 Å². The third-order valence-corrected chi connectivity index (χ3v) is 4.94. The van der Waals surface area contributed by atoms with Crippen molar-refractivity contribution < 1.29 is 14.4 Å². The molecule has 1 fully saturated rings. The van der Waals surface area contributed by atoms with E-state index in [0.717, 1.165) is 16.6 Å². The molecule has 0 aliphatic carbocycles. The second-order valence-corrected chi connectivity index (χ2v) is 7.39. The first-order chi connectivity index (χ1) is 12.2. The average Bonchev–Trinajstić information content (AvgIpc) is 3.12. The van der Waals surface area contributed by atoms with Crippen LogP contribution in [0.25, 0.3) is 0 Å². The molecule has 25 heavy (non-hydrogen) atoms. The van der Waals surface area contributed by atoms with Crippen molar-refractivity contribution in [3.63, 3.8) is 0 Å². The minimum Gasteiger partial charge on any atom is -0.484 e. The van der Waals surface area contributed by atoms with Gasteiger partial charge in [-0.2, -0.15) is 0 Å². The first-order valence-electron chi connectivity index (χ1n) is 8.75. The molecule has 2 aromatic carbocycles. The number of carbonyl (C=O) groups is 1. The van der Waals surface area contributed by atoms with Crippen LogP contribution in [-0.2, 0) is 17.9 Å². The first kappa shape index (κ1) is 18.0. The molecule has 1 saturated heterocycles. The van der Waals surface area contributed by atoms with E-state index in [-0.39, 0.29) is 12.5 Å². The van der Waals surface area contributed by atoms with Crippen LogP contribution in [0.4, 0.5) is 0 Å². The van der Waals surface area contributed by atoms with E-state index in [1.807, 2.05) is 24.3 Å². The van der Waals surface area contributed by atoms with E-state index in [0.29, 0.717) is 12.3 Å². The summed E-state index contributed by atoms with van der Waals surface area (Å²) in [6.07, 6.45) is 2.70. The van der Waals surface area contributed by atoms with Gasteiger partial charge in [0.1, 0.15) is 12.3 Å². The van der Waals surface area contributed by atoms with Gasteiger partial charge < -0.3 is 15.0 Å². The van der Waals surface area contributed by atoms with Crippen LogP contribution in [-0.4, -0.2) is 25.6 Å². The van der Waals surface area contributed by atoms with Crippen LogP contribution in [0.5, 0.6) is 5.75 Å². The number of hydrogen-bond donors (Lipinski definition) is 2. The zero-order valence-corrected chi connectivity index (χ0v) is 15.8. The molecule has 132 valence electrons. The van der Waals surface area contributed by atoms with Gasteiger partial charge in [0, 0.05) is 29.4 Å². The fourth-order valence-corrected chi connectivity index (χ4v) is 3.45. The van der Waals surface area contributed by atoms with Crippen LogP contribution in [0.1, 0.15) is 24.0 Å². The highest BCUT2D eigenvalue weighted by atomic mass is 79.9. The minimum atomic E-state index is -0.120. The van der Waals surface area contributed by atoms with E-state index in [1.54, 1.807) is 4.90 Å². The predicted octanol–water partition coefficient (Wildman–Crippen LogP) is 2.32. The number of rotatable bonds is 7. The van der Waals surface area contributed by atoms with Crippen molar-refractivity contribution in [2.75, 3.05) is 19.7 Å². The normalized spacial score (nSPS) is 14.4. The van der Waals surface area contributed by atoms with Gasteiger partial charge in [0.05, 0.1) is 13.1 Å². The number of ether oxygens (including phenoxy) is 1. The number of hydrogen-bond acceptors (Lipinski definition) is 2. The summed E-state index contributed by atoms with van der Waals surface area (Å²) < 4.78 is 6.42. The molecule has 0 spiro atoms. The first-order valence-corrected chi connectivity index (χ1v) is 9.55. The van der Waals surface area contributed by atoms with Crippen molar-refractivity contribution in [2.24, 2.45) is 0 Å². The third kappa shape index (κ3) is 5.87. The monoisotopic (exact) mass is 403 g/mol. The Labute approximate surface area is 157 Å². The standard InChI is InChI=1S/C20H23BrN2O2/c21-18-4-3-5-19(12-18)25-15-20(24)22-13-16-6-8-17(9-7-16)14-23-10-1-2-11-23/h3-9,12H,1-2,10-11,13-15H2,(H,22,24)/p+1. The second kappa shape index (κ2) is 9.02. The lowest BCUT2D eigenvalue weighted by Crippen LogP contribution is -3.08. The van der Waals surface area contributed by atoms with Gasteiger partial charge in [0.2, 0.25) is 0 Å². The van der Waals surface area contributed by atoms with Crippen molar-refractivity contribution in [3.05, 3.63) is 64.1 Å². The SMILES string of the molecule is O=C(COc1cccc(Br)c1)NCc1ccc(C[NH+]2CCCC2)cc1. The number of likely N-dealkylation sites (tertiary alicyclic amines) is 1. The Morgan fingerprint density at radius 2 is 1.80 bits per heavy atom. The summed E-state index contributed by atoms with van der Waals surface area (Å²) in [6.45, 7) is 4.23. The third-order valence-electron chi connectivity index (χ3n) is 4.44. The van der Waals surface area contributed by atoms with Gasteiger partial charge >= 0.3 is 0 Å². The molecule has 0 bridgehead atoms. The van der Waals surface area contributed by atoms with E-state index >= 15 is 0 Å². The Morgan fingerprint density at radius 3 is 2.52 bits per heavy atom. The second-order valence-electron chi connectivity index (χ2n) is 6.47. The summed E-state index contributed by atoms with van der Waals surface area (Å²) in [5.74, 6) is 0.559. The van der Waals surface area contributed by atoms with Crippen LogP contribution in [0.2, 0.25) is 0 Å². The molecule has 0 radical (unpaired) electrons. The maximum Gasteiger partial charge on any atom is 0.258 e. The molecule has 4 nitrogen and oxygen atoms in total. The Bertz CT molecular complexity index is 697. The number of carbonyl (C=O) groups excluding carboxylic acids is 1. The van der Waals surface area contributed by atoms with Gasteiger partial charge in [-0.25, -0.2) is 0 Å². The lowest BCUT2D eigenvalue weighted by atomic mass is 10.1. The Kier molecular flexibility index (Phi) is 6.48. The molecule has 1 aliphatic rings. The van der Waals surface area contributed by atoms with Gasteiger partial charge in [-0.15, -0.1) is 0 Å². The molecular weight excluding hydrogens is 380 g/mol. The van der Waals surface area contributed by atoms with Crippen molar-refractivity contribution in [3.8, 4) is 5.75 Å². The summed E-state index contributed by atoms with van der Waals surface area (Å²) in [6, 6.07) is 16.0. The van der Waals surface area contributed by atoms with Crippen LogP contribution >= 0.6 is 15.9 Å². The zero-order valence-electron chi connectivity index (χ0n) is 14.3. The number of quaternary nitrogens is 1. The fourth-order valence-electron chi connectivity index (χ4n) is 3.07. The summed E-state index contributed by atoms with van der Waals surface area (Å²) in [7, 11) is 0. The van der Waals surface area contributed by atoms with Crippen LogP contribution in [0, 0.1) is 0 Å². The summed E-state index contributed by atoms with van der Waals surface area (Å²) in [4.78, 5) is 13.6. The van der Waals surface area contributed by atoms with E-state index < -0.39 is 0 Å². The van der Waals surface area contributed by atoms with E-state index in [1.165, 1.54) is 31.5 Å². The molecule has 0 saturated carbocycles. The van der Waals surface area contributed by atoms with Gasteiger partial charge in [-0.05, 0) is 23.8 Å². The Balaban J connectivity index is 1.40. The molecule has 2 aromatic rings. The van der Waals surface area contributed by atoms with Crippen LogP contribution < -0.4 is 15.0 Å². The topological polar surface area (TPSA) is 42.8 Å². The Morgan fingerprint density at radius 1 is 1.08 bits per heavy atom. The maximum absolute atomic E-state index is 11.9. The highest BCUT2D eigenvalue weighted by Crippen LogP contribution is 2.17. The average molecular weight is 404 g/mol. The fraction of sp³-hybridized carbons (Fsp3) is 0.350. The maximum atomic E-state index is 11.9. The highest BCUT2D eigenvalue weighted by molar-refractivity contribution is 9.10. The Hall–Kier alpha value is -1.85. The number of amides is 1. The molecule has 0 aromatic heterocycles. The molecular formula is C20H24BrN2O2+. The molecule has 2 N–H and O–H groups in total. The molecule has 3 rings (SSSR count). The van der Waals surface area contributed by atoms with Crippen LogP contribution in [0.15, 0.2) is 53.0 Å². The molecule has 1 amide bonds. The number of nitrogens with one attached hydrogen (secondary N) is 2. The van der Waals surface area contributed by atoms with Crippen molar-refractivity contribution in [1.82, 2.24) is 5.32 Å². The molecule has 1 aliphatic heterocycles. The number of halogens is 1. The van der Waals surface area contributed by atoms with Crippen LogP contribution in [0.3, 0.4) is 0 Å². The van der Waals surface area contributed by atoms with E-state index in [2.05, 4.69) is 45.5 Å². The minimum absolute atomic E-state index is 0.0207. The van der Waals surface area contributed by atoms with E-state index in [9.17, 15) is 4.79 Å². The zero-order chi connectivity index (χ0) is 17.5. The van der Waals surface area contributed by atoms with Gasteiger partial charge in [-0.3, -0.25) is 4.79 Å². The molecule has 1 heterocycles. The van der Waals surface area contributed by atoms with Crippen molar-refractivity contribution in [1.29, 1.82) is 0 Å². The summed E-state index contributed by atoms with van der Waals surface area (Å²) in [5.41, 5.74) is 2.47. The predicted molar refractivity (Wildman–Crippen MR) is 102 cm³/mol.